The minimum atomic E-state index is -0.403. The standard InChI is InChI=1S/C18H19N3O4S/c1-21-12-7-5-6-8-16(12)26-18(21)20-19-17(22)11-9-14(24-3)15(25-4)10-13(11)23-2/h5-10H,1-4H3,(H,19,22)/b20-18-. The molecule has 0 atom stereocenters. The van der Waals surface area contributed by atoms with Crippen molar-refractivity contribution in [1.82, 2.24) is 9.99 Å². The second kappa shape index (κ2) is 7.49. The van der Waals surface area contributed by atoms with E-state index in [4.69, 9.17) is 14.2 Å². The van der Waals surface area contributed by atoms with Crippen molar-refractivity contribution in [2.24, 2.45) is 12.1 Å². The van der Waals surface area contributed by atoms with Gasteiger partial charge in [0, 0.05) is 19.2 Å². The first-order valence-corrected chi connectivity index (χ1v) is 8.59. The van der Waals surface area contributed by atoms with Crippen molar-refractivity contribution in [3.63, 3.8) is 0 Å². The van der Waals surface area contributed by atoms with Gasteiger partial charge in [0.05, 0.1) is 37.1 Å². The number of thiazole rings is 1. The number of methoxy groups -OCH3 is 3. The molecule has 3 rings (SSSR count). The van der Waals surface area contributed by atoms with Crippen molar-refractivity contribution in [3.05, 3.63) is 46.8 Å². The van der Waals surface area contributed by atoms with Crippen LogP contribution in [-0.2, 0) is 7.05 Å². The largest absolute Gasteiger partial charge is 0.496 e. The van der Waals surface area contributed by atoms with Gasteiger partial charge >= 0.3 is 0 Å². The molecule has 0 spiro atoms. The average molecular weight is 373 g/mol. The summed E-state index contributed by atoms with van der Waals surface area (Å²) >= 11 is 1.49. The average Bonchev–Trinajstić information content (AvgIpc) is 3.00. The third-order valence-electron chi connectivity index (χ3n) is 3.92. The quantitative estimate of drug-likeness (QED) is 0.698. The Hall–Kier alpha value is -3.00. The van der Waals surface area contributed by atoms with Crippen molar-refractivity contribution in [1.29, 1.82) is 0 Å². The van der Waals surface area contributed by atoms with Crippen LogP contribution in [0.3, 0.4) is 0 Å². The lowest BCUT2D eigenvalue weighted by Crippen LogP contribution is -2.23. The highest BCUT2D eigenvalue weighted by molar-refractivity contribution is 7.16. The van der Waals surface area contributed by atoms with Crippen LogP contribution in [0.15, 0.2) is 41.5 Å². The fourth-order valence-electron chi connectivity index (χ4n) is 2.55. The van der Waals surface area contributed by atoms with Crippen molar-refractivity contribution in [3.8, 4) is 17.2 Å². The predicted molar refractivity (Wildman–Crippen MR) is 99.9 cm³/mol. The Balaban J connectivity index is 1.95. The van der Waals surface area contributed by atoms with Crippen molar-refractivity contribution in [2.45, 2.75) is 0 Å². The summed E-state index contributed by atoms with van der Waals surface area (Å²) < 4.78 is 18.8. The molecule has 1 N–H and O–H groups in total. The predicted octanol–water partition coefficient (Wildman–Crippen LogP) is 2.51. The van der Waals surface area contributed by atoms with Gasteiger partial charge in [-0.15, -0.1) is 5.10 Å². The lowest BCUT2D eigenvalue weighted by molar-refractivity contribution is 0.0949. The van der Waals surface area contributed by atoms with Crippen LogP contribution >= 0.6 is 11.3 Å². The van der Waals surface area contributed by atoms with E-state index in [9.17, 15) is 4.79 Å². The number of carbonyl (C=O) groups excluding carboxylic acids is 1. The number of nitrogens with one attached hydrogen (secondary N) is 1. The van der Waals surface area contributed by atoms with E-state index >= 15 is 0 Å². The van der Waals surface area contributed by atoms with Gasteiger partial charge in [0.1, 0.15) is 5.75 Å². The number of hydrogen-bond donors (Lipinski definition) is 1. The van der Waals surface area contributed by atoms with E-state index in [1.807, 2.05) is 35.9 Å². The van der Waals surface area contributed by atoms with Crippen molar-refractivity contribution < 1.29 is 19.0 Å². The number of rotatable bonds is 5. The zero-order valence-corrected chi connectivity index (χ0v) is 15.7. The van der Waals surface area contributed by atoms with Gasteiger partial charge in [0.25, 0.3) is 5.91 Å². The van der Waals surface area contributed by atoms with Gasteiger partial charge in [-0.25, -0.2) is 5.43 Å². The Morgan fingerprint density at radius 1 is 1.04 bits per heavy atom. The first kappa shape index (κ1) is 17.8. The summed E-state index contributed by atoms with van der Waals surface area (Å²) in [5, 5.41) is 4.25. The molecule has 0 radical (unpaired) electrons. The monoisotopic (exact) mass is 373 g/mol. The van der Waals surface area contributed by atoms with Gasteiger partial charge in [0.2, 0.25) is 4.80 Å². The fourth-order valence-corrected chi connectivity index (χ4v) is 3.53. The van der Waals surface area contributed by atoms with E-state index in [0.29, 0.717) is 27.6 Å². The van der Waals surface area contributed by atoms with E-state index in [-0.39, 0.29) is 0 Å². The number of benzene rings is 2. The molecule has 0 aliphatic heterocycles. The number of fused-ring (bicyclic) bond motifs is 1. The lowest BCUT2D eigenvalue weighted by Gasteiger charge is -2.12. The second-order valence-electron chi connectivity index (χ2n) is 5.37. The van der Waals surface area contributed by atoms with Gasteiger partial charge in [-0.05, 0) is 12.1 Å². The minimum absolute atomic E-state index is 0.303. The molecule has 0 saturated heterocycles. The lowest BCUT2D eigenvalue weighted by atomic mass is 10.1. The van der Waals surface area contributed by atoms with Crippen molar-refractivity contribution in [2.75, 3.05) is 21.3 Å². The Morgan fingerprint density at radius 3 is 2.35 bits per heavy atom. The van der Waals surface area contributed by atoms with Crippen LogP contribution in [0.4, 0.5) is 0 Å². The van der Waals surface area contributed by atoms with E-state index in [1.165, 1.54) is 32.7 Å². The molecule has 0 bridgehead atoms. The maximum atomic E-state index is 12.6. The molecule has 0 unspecified atom stereocenters. The van der Waals surface area contributed by atoms with E-state index < -0.39 is 5.91 Å². The molecule has 1 amide bonds. The SMILES string of the molecule is COc1cc(OC)c(C(=O)N/N=c2\sc3ccccc3n2C)cc1OC. The van der Waals surface area contributed by atoms with Crippen LogP contribution in [0.1, 0.15) is 10.4 Å². The van der Waals surface area contributed by atoms with Crippen LogP contribution in [0.25, 0.3) is 10.2 Å². The number of para-hydroxylation sites is 1. The molecular weight excluding hydrogens is 354 g/mol. The van der Waals surface area contributed by atoms with E-state index in [1.54, 1.807) is 12.1 Å². The molecule has 7 nitrogen and oxygen atoms in total. The smallest absolute Gasteiger partial charge is 0.275 e. The Bertz CT molecular complexity index is 1020. The second-order valence-corrected chi connectivity index (χ2v) is 6.38. The number of ether oxygens (including phenoxy) is 3. The highest BCUT2D eigenvalue weighted by Gasteiger charge is 2.17. The summed E-state index contributed by atoms with van der Waals surface area (Å²) in [5.41, 5.74) is 3.93. The highest BCUT2D eigenvalue weighted by atomic mass is 32.1. The molecule has 1 heterocycles. The number of amides is 1. The molecule has 136 valence electrons. The summed E-state index contributed by atoms with van der Waals surface area (Å²) in [6, 6.07) is 11.1. The summed E-state index contributed by atoms with van der Waals surface area (Å²) in [6.07, 6.45) is 0. The molecule has 1 aromatic heterocycles. The van der Waals surface area contributed by atoms with E-state index in [2.05, 4.69) is 10.5 Å². The zero-order chi connectivity index (χ0) is 18.7. The number of aryl methyl sites for hydroxylation is 1. The zero-order valence-electron chi connectivity index (χ0n) is 14.9. The Labute approximate surface area is 154 Å². The number of hydrogen-bond acceptors (Lipinski definition) is 6. The molecule has 0 aliphatic rings. The Kier molecular flexibility index (Phi) is 5.13. The third kappa shape index (κ3) is 3.23. The van der Waals surface area contributed by atoms with Crippen LogP contribution in [0.5, 0.6) is 17.2 Å². The van der Waals surface area contributed by atoms with Gasteiger partial charge in [-0.3, -0.25) is 4.79 Å². The summed E-state index contributed by atoms with van der Waals surface area (Å²) in [4.78, 5) is 13.3. The van der Waals surface area contributed by atoms with Crippen LogP contribution in [-0.4, -0.2) is 31.8 Å². The van der Waals surface area contributed by atoms with Crippen molar-refractivity contribution >= 4 is 27.5 Å². The molecule has 0 saturated carbocycles. The third-order valence-corrected chi connectivity index (χ3v) is 5.03. The maximum Gasteiger partial charge on any atom is 0.275 e. The number of carbonyl (C=O) groups is 1. The highest BCUT2D eigenvalue weighted by Crippen LogP contribution is 2.34. The molecule has 8 heteroatoms. The minimum Gasteiger partial charge on any atom is -0.496 e. The first-order valence-electron chi connectivity index (χ1n) is 7.77. The van der Waals surface area contributed by atoms with Crippen LogP contribution in [0.2, 0.25) is 0 Å². The molecule has 3 aromatic rings. The molecule has 0 fully saturated rings. The number of aromatic nitrogens is 1. The summed E-state index contributed by atoms with van der Waals surface area (Å²) in [7, 11) is 6.42. The molecule has 2 aromatic carbocycles. The van der Waals surface area contributed by atoms with Gasteiger partial charge in [-0.2, -0.15) is 0 Å². The fraction of sp³-hybridized carbons (Fsp3) is 0.222. The molecule has 26 heavy (non-hydrogen) atoms. The van der Waals surface area contributed by atoms with E-state index in [0.717, 1.165) is 10.2 Å². The van der Waals surface area contributed by atoms with Crippen LogP contribution in [0, 0.1) is 0 Å². The molecule has 0 aliphatic carbocycles. The number of nitrogens with zero attached hydrogens (tertiary/aromatic N) is 2. The van der Waals surface area contributed by atoms with Gasteiger partial charge in [0.15, 0.2) is 11.5 Å². The van der Waals surface area contributed by atoms with Gasteiger partial charge < -0.3 is 18.8 Å². The maximum absolute atomic E-state index is 12.6. The normalized spacial score (nSPS) is 11.5. The molecular formula is C18H19N3O4S. The topological polar surface area (TPSA) is 74.1 Å². The van der Waals surface area contributed by atoms with Crippen LogP contribution < -0.4 is 24.4 Å². The first-order chi connectivity index (χ1) is 12.6. The summed E-state index contributed by atoms with van der Waals surface area (Å²) in [6.45, 7) is 0. The summed E-state index contributed by atoms with van der Waals surface area (Å²) in [5.74, 6) is 0.885. The Morgan fingerprint density at radius 2 is 1.69 bits per heavy atom. The van der Waals surface area contributed by atoms with Gasteiger partial charge in [-0.1, -0.05) is 23.5 Å².